The standard InChI is InChI=1S/C10H23BO3S/c1-5-9(11-13-7-8-14-11)10(6-2)15(3,4)12/h9-10,12H,5-8H2,1-4H3. The van der Waals surface area contributed by atoms with E-state index in [9.17, 15) is 4.55 Å². The largest absolute Gasteiger partial charge is 0.461 e. The van der Waals surface area contributed by atoms with Gasteiger partial charge in [0, 0.05) is 11.1 Å². The van der Waals surface area contributed by atoms with Gasteiger partial charge in [0.1, 0.15) is 0 Å². The first kappa shape index (κ1) is 13.4. The molecular formula is C10H23BO3S. The summed E-state index contributed by atoms with van der Waals surface area (Å²) < 4.78 is 21.3. The van der Waals surface area contributed by atoms with E-state index in [2.05, 4.69) is 13.8 Å². The van der Waals surface area contributed by atoms with Gasteiger partial charge in [-0.3, -0.25) is 0 Å². The van der Waals surface area contributed by atoms with Gasteiger partial charge in [-0.1, -0.05) is 20.3 Å². The highest BCUT2D eigenvalue weighted by Crippen LogP contribution is 2.50. The van der Waals surface area contributed by atoms with Crippen LogP contribution >= 0.6 is 10.3 Å². The van der Waals surface area contributed by atoms with Crippen LogP contribution in [0.15, 0.2) is 0 Å². The van der Waals surface area contributed by atoms with E-state index in [4.69, 9.17) is 9.31 Å². The molecule has 0 bridgehead atoms. The van der Waals surface area contributed by atoms with Crippen molar-refractivity contribution in [2.75, 3.05) is 25.7 Å². The quantitative estimate of drug-likeness (QED) is 0.743. The van der Waals surface area contributed by atoms with Crippen LogP contribution in [0.25, 0.3) is 0 Å². The molecule has 15 heavy (non-hydrogen) atoms. The zero-order chi connectivity index (χ0) is 11.5. The Morgan fingerprint density at radius 1 is 1.20 bits per heavy atom. The fourth-order valence-corrected chi connectivity index (χ4v) is 4.38. The average Bonchev–Trinajstić information content (AvgIpc) is 2.64. The van der Waals surface area contributed by atoms with Crippen molar-refractivity contribution >= 4 is 17.4 Å². The third-order valence-corrected chi connectivity index (χ3v) is 5.25. The van der Waals surface area contributed by atoms with Gasteiger partial charge >= 0.3 is 7.12 Å². The van der Waals surface area contributed by atoms with Crippen LogP contribution in [0.5, 0.6) is 0 Å². The number of rotatable bonds is 5. The first-order chi connectivity index (χ1) is 7.00. The Balaban J connectivity index is 2.69. The maximum Gasteiger partial charge on any atom is 0.461 e. The van der Waals surface area contributed by atoms with Crippen LogP contribution in [-0.4, -0.2) is 42.6 Å². The summed E-state index contributed by atoms with van der Waals surface area (Å²) in [5, 5.41) is 0.311. The van der Waals surface area contributed by atoms with Gasteiger partial charge in [-0.2, -0.15) is 0 Å². The van der Waals surface area contributed by atoms with E-state index in [1.165, 1.54) is 0 Å². The van der Waals surface area contributed by atoms with Crippen LogP contribution in [-0.2, 0) is 9.31 Å². The molecule has 1 rings (SSSR count). The van der Waals surface area contributed by atoms with Gasteiger partial charge in [-0.05, 0) is 18.9 Å². The Kier molecular flexibility index (Phi) is 4.96. The molecule has 1 saturated heterocycles. The molecule has 0 aromatic rings. The summed E-state index contributed by atoms with van der Waals surface area (Å²) in [5.41, 5.74) is 0. The van der Waals surface area contributed by atoms with E-state index < -0.39 is 10.3 Å². The molecule has 2 atom stereocenters. The Hall–Kier alpha value is 0.295. The van der Waals surface area contributed by atoms with Crippen molar-refractivity contribution in [3.05, 3.63) is 0 Å². The summed E-state index contributed by atoms with van der Waals surface area (Å²) >= 11 is 0. The summed E-state index contributed by atoms with van der Waals surface area (Å²) in [6.07, 6.45) is 5.90. The molecule has 0 aromatic heterocycles. The predicted molar refractivity (Wildman–Crippen MR) is 67.8 cm³/mol. The van der Waals surface area contributed by atoms with Gasteiger partial charge in [-0.25, -0.2) is 0 Å². The van der Waals surface area contributed by atoms with Crippen LogP contribution in [0.3, 0.4) is 0 Å². The molecule has 1 heterocycles. The van der Waals surface area contributed by atoms with E-state index in [0.29, 0.717) is 24.3 Å². The van der Waals surface area contributed by atoms with Crippen molar-refractivity contribution in [3.8, 4) is 0 Å². The first-order valence-electron chi connectivity index (χ1n) is 5.68. The SMILES string of the molecule is CCC(B1OCCO1)C(CC)S(C)(C)O. The van der Waals surface area contributed by atoms with Crippen molar-refractivity contribution in [2.45, 2.75) is 37.8 Å². The van der Waals surface area contributed by atoms with E-state index in [-0.39, 0.29) is 7.12 Å². The molecule has 0 saturated carbocycles. The topological polar surface area (TPSA) is 38.7 Å². The molecule has 5 heteroatoms. The second-order valence-corrected chi connectivity index (χ2v) is 7.78. The Labute approximate surface area is 95.2 Å². The Bertz CT molecular complexity index is 190. The summed E-state index contributed by atoms with van der Waals surface area (Å²) in [5.74, 6) is 0.326. The fraction of sp³-hybridized carbons (Fsp3) is 1.00. The van der Waals surface area contributed by atoms with Crippen LogP contribution in [0.4, 0.5) is 0 Å². The fourth-order valence-electron chi connectivity index (χ4n) is 2.39. The first-order valence-corrected chi connectivity index (χ1v) is 8.15. The molecule has 0 radical (unpaired) electrons. The molecule has 0 aromatic carbocycles. The molecule has 1 N–H and O–H groups in total. The van der Waals surface area contributed by atoms with Gasteiger partial charge < -0.3 is 13.9 Å². The minimum atomic E-state index is -1.52. The molecule has 0 spiro atoms. The summed E-state index contributed by atoms with van der Waals surface area (Å²) in [7, 11) is -1.62. The second-order valence-electron chi connectivity index (χ2n) is 4.48. The van der Waals surface area contributed by atoms with Gasteiger partial charge in [0.05, 0.1) is 13.2 Å². The molecule has 0 aliphatic carbocycles. The lowest BCUT2D eigenvalue weighted by atomic mass is 9.68. The molecule has 0 amide bonds. The second kappa shape index (κ2) is 5.57. The Morgan fingerprint density at radius 3 is 2.07 bits per heavy atom. The maximum absolute atomic E-state index is 10.2. The highest BCUT2D eigenvalue weighted by atomic mass is 32.3. The van der Waals surface area contributed by atoms with Crippen molar-refractivity contribution < 1.29 is 13.9 Å². The molecule has 1 aliphatic rings. The third-order valence-electron chi connectivity index (χ3n) is 3.09. The van der Waals surface area contributed by atoms with Crippen LogP contribution in [0, 0.1) is 0 Å². The highest BCUT2D eigenvalue weighted by molar-refractivity contribution is 8.28. The maximum atomic E-state index is 10.2. The lowest BCUT2D eigenvalue weighted by Gasteiger charge is -2.39. The normalized spacial score (nSPS) is 22.9. The molecule has 90 valence electrons. The van der Waals surface area contributed by atoms with Crippen LogP contribution in [0.2, 0.25) is 5.82 Å². The molecule has 3 nitrogen and oxygen atoms in total. The zero-order valence-electron chi connectivity index (χ0n) is 10.2. The molecule has 1 fully saturated rings. The van der Waals surface area contributed by atoms with Gasteiger partial charge in [0.2, 0.25) is 0 Å². The molecule has 1 aliphatic heterocycles. The third kappa shape index (κ3) is 3.38. The molecular weight excluding hydrogens is 211 g/mol. The van der Waals surface area contributed by atoms with Crippen LogP contribution < -0.4 is 0 Å². The zero-order valence-corrected chi connectivity index (χ0v) is 11.0. The Morgan fingerprint density at radius 2 is 1.73 bits per heavy atom. The summed E-state index contributed by atoms with van der Waals surface area (Å²) in [6.45, 7) is 5.66. The van der Waals surface area contributed by atoms with Crippen molar-refractivity contribution in [1.82, 2.24) is 0 Å². The van der Waals surface area contributed by atoms with Crippen molar-refractivity contribution in [1.29, 1.82) is 0 Å². The molecule has 2 unspecified atom stereocenters. The van der Waals surface area contributed by atoms with Gasteiger partial charge in [-0.15, -0.1) is 10.3 Å². The lowest BCUT2D eigenvalue weighted by molar-refractivity contribution is 0.348. The average molecular weight is 234 g/mol. The highest BCUT2D eigenvalue weighted by Gasteiger charge is 2.41. The predicted octanol–water partition coefficient (Wildman–Crippen LogP) is 2.62. The van der Waals surface area contributed by atoms with E-state index in [1.807, 2.05) is 12.5 Å². The van der Waals surface area contributed by atoms with Crippen molar-refractivity contribution in [3.63, 3.8) is 0 Å². The number of hydrogen-bond acceptors (Lipinski definition) is 3. The van der Waals surface area contributed by atoms with Crippen LogP contribution in [0.1, 0.15) is 26.7 Å². The van der Waals surface area contributed by atoms with E-state index >= 15 is 0 Å². The minimum Gasteiger partial charge on any atom is -0.409 e. The van der Waals surface area contributed by atoms with Gasteiger partial charge in [0.25, 0.3) is 0 Å². The van der Waals surface area contributed by atoms with E-state index in [1.54, 1.807) is 0 Å². The summed E-state index contributed by atoms with van der Waals surface area (Å²) in [6, 6.07) is 0. The monoisotopic (exact) mass is 234 g/mol. The van der Waals surface area contributed by atoms with E-state index in [0.717, 1.165) is 12.8 Å². The van der Waals surface area contributed by atoms with Crippen molar-refractivity contribution in [2.24, 2.45) is 0 Å². The minimum absolute atomic E-state index is 0.0983. The number of hydrogen-bond donors (Lipinski definition) is 1. The smallest absolute Gasteiger partial charge is 0.409 e. The summed E-state index contributed by atoms with van der Waals surface area (Å²) in [4.78, 5) is 0. The van der Waals surface area contributed by atoms with Gasteiger partial charge in [0.15, 0.2) is 0 Å². The lowest BCUT2D eigenvalue weighted by Crippen LogP contribution is -2.33.